The van der Waals surface area contributed by atoms with Gasteiger partial charge in [0.25, 0.3) is 0 Å². The third kappa shape index (κ3) is 1.71. The Bertz CT molecular complexity index is 473. The van der Waals surface area contributed by atoms with Crippen molar-refractivity contribution in [1.82, 2.24) is 4.98 Å². The van der Waals surface area contributed by atoms with Crippen molar-refractivity contribution in [2.75, 3.05) is 0 Å². The van der Waals surface area contributed by atoms with Gasteiger partial charge in [-0.05, 0) is 40.5 Å². The molecule has 3 heteroatoms. The second-order valence-corrected chi connectivity index (χ2v) is 5.72. The lowest BCUT2D eigenvalue weighted by atomic mass is 10.2. The van der Waals surface area contributed by atoms with E-state index in [9.17, 15) is 0 Å². The van der Waals surface area contributed by atoms with E-state index in [0.717, 1.165) is 9.99 Å². The number of thiazole rings is 1. The predicted octanol–water partition coefficient (Wildman–Crippen LogP) is 4.49. The molecule has 0 spiro atoms. The molecule has 1 aromatic heterocycles. The minimum Gasteiger partial charge on any atom is -0.240 e. The fraction of sp³-hybridized carbons (Fsp3) is 0.364. The van der Waals surface area contributed by atoms with E-state index in [-0.39, 0.29) is 0 Å². The number of aromatic nitrogens is 1. The standard InChI is InChI=1S/C11H12BrNS/c1-6(2)11-13-10-8(12)4-7(3)5-9(10)14-11/h4-6H,1-3H3. The highest BCUT2D eigenvalue weighted by atomic mass is 79.9. The third-order valence-electron chi connectivity index (χ3n) is 2.10. The molecule has 14 heavy (non-hydrogen) atoms. The van der Waals surface area contributed by atoms with E-state index in [2.05, 4.69) is 53.8 Å². The highest BCUT2D eigenvalue weighted by molar-refractivity contribution is 9.10. The molecule has 0 atom stereocenters. The Morgan fingerprint density at radius 3 is 2.71 bits per heavy atom. The van der Waals surface area contributed by atoms with E-state index >= 15 is 0 Å². The zero-order valence-corrected chi connectivity index (χ0v) is 10.9. The molecule has 0 aliphatic carbocycles. The fourth-order valence-corrected chi connectivity index (χ4v) is 3.27. The van der Waals surface area contributed by atoms with Crippen molar-refractivity contribution in [3.05, 3.63) is 27.2 Å². The van der Waals surface area contributed by atoms with Crippen LogP contribution in [0.25, 0.3) is 10.2 Å². The van der Waals surface area contributed by atoms with Gasteiger partial charge in [0.2, 0.25) is 0 Å². The van der Waals surface area contributed by atoms with Gasteiger partial charge in [0, 0.05) is 10.4 Å². The highest BCUT2D eigenvalue weighted by Crippen LogP contribution is 2.32. The Morgan fingerprint density at radius 1 is 1.36 bits per heavy atom. The molecule has 0 fully saturated rings. The number of hydrogen-bond donors (Lipinski definition) is 0. The summed E-state index contributed by atoms with van der Waals surface area (Å²) in [6.45, 7) is 6.47. The maximum atomic E-state index is 4.62. The van der Waals surface area contributed by atoms with Crippen LogP contribution in [-0.2, 0) is 0 Å². The maximum Gasteiger partial charge on any atom is 0.0964 e. The van der Waals surface area contributed by atoms with Gasteiger partial charge in [0.1, 0.15) is 0 Å². The van der Waals surface area contributed by atoms with Crippen LogP contribution >= 0.6 is 27.3 Å². The van der Waals surface area contributed by atoms with Crippen LogP contribution in [-0.4, -0.2) is 4.98 Å². The van der Waals surface area contributed by atoms with Gasteiger partial charge in [0.05, 0.1) is 15.2 Å². The van der Waals surface area contributed by atoms with Crippen molar-refractivity contribution in [2.24, 2.45) is 0 Å². The topological polar surface area (TPSA) is 12.9 Å². The van der Waals surface area contributed by atoms with Crippen LogP contribution in [0.2, 0.25) is 0 Å². The molecule has 1 heterocycles. The molecule has 0 aliphatic rings. The molecule has 0 unspecified atom stereocenters. The molecular formula is C11H12BrNS. The second-order valence-electron chi connectivity index (χ2n) is 3.80. The van der Waals surface area contributed by atoms with Gasteiger partial charge in [-0.2, -0.15) is 0 Å². The first-order valence-corrected chi connectivity index (χ1v) is 6.25. The van der Waals surface area contributed by atoms with Crippen LogP contribution in [0.3, 0.4) is 0 Å². The lowest BCUT2D eigenvalue weighted by Gasteiger charge is -1.95. The Hall–Kier alpha value is -0.410. The average molecular weight is 270 g/mol. The summed E-state index contributed by atoms with van der Waals surface area (Å²) in [5.41, 5.74) is 2.38. The number of fused-ring (bicyclic) bond motifs is 1. The molecule has 0 radical (unpaired) electrons. The van der Waals surface area contributed by atoms with Gasteiger partial charge in [-0.25, -0.2) is 4.98 Å². The Kier molecular flexibility index (Phi) is 2.62. The number of nitrogens with zero attached hydrogens (tertiary/aromatic N) is 1. The summed E-state index contributed by atoms with van der Waals surface area (Å²) in [4.78, 5) is 4.62. The first-order valence-electron chi connectivity index (χ1n) is 4.64. The van der Waals surface area contributed by atoms with E-state index < -0.39 is 0 Å². The number of hydrogen-bond acceptors (Lipinski definition) is 2. The Labute approximate surface area is 96.3 Å². The number of rotatable bonds is 1. The monoisotopic (exact) mass is 269 g/mol. The fourth-order valence-electron chi connectivity index (χ4n) is 1.38. The minimum atomic E-state index is 0.514. The Morgan fingerprint density at radius 2 is 2.07 bits per heavy atom. The molecule has 0 saturated heterocycles. The largest absolute Gasteiger partial charge is 0.240 e. The van der Waals surface area contributed by atoms with Crippen molar-refractivity contribution in [3.8, 4) is 0 Å². The molecule has 1 aromatic carbocycles. The van der Waals surface area contributed by atoms with Gasteiger partial charge >= 0.3 is 0 Å². The summed E-state index contributed by atoms with van der Waals surface area (Å²) in [7, 11) is 0. The van der Waals surface area contributed by atoms with Crippen molar-refractivity contribution in [3.63, 3.8) is 0 Å². The van der Waals surface area contributed by atoms with Gasteiger partial charge < -0.3 is 0 Å². The normalized spacial score (nSPS) is 11.5. The van der Waals surface area contributed by atoms with E-state index in [4.69, 9.17) is 0 Å². The quantitative estimate of drug-likeness (QED) is 0.744. The summed E-state index contributed by atoms with van der Waals surface area (Å²) in [5, 5.41) is 1.21. The van der Waals surface area contributed by atoms with Crippen LogP contribution in [0.5, 0.6) is 0 Å². The summed E-state index contributed by atoms with van der Waals surface area (Å²) < 4.78 is 2.39. The first-order chi connectivity index (χ1) is 6.58. The van der Waals surface area contributed by atoms with Crippen molar-refractivity contribution in [1.29, 1.82) is 0 Å². The molecule has 2 rings (SSSR count). The molecule has 1 nitrogen and oxygen atoms in total. The van der Waals surface area contributed by atoms with Crippen molar-refractivity contribution >= 4 is 37.5 Å². The SMILES string of the molecule is Cc1cc(Br)c2nc(C(C)C)sc2c1. The van der Waals surface area contributed by atoms with Crippen molar-refractivity contribution < 1.29 is 0 Å². The van der Waals surface area contributed by atoms with Gasteiger partial charge in [-0.3, -0.25) is 0 Å². The Balaban J connectivity index is 2.70. The summed E-state index contributed by atoms with van der Waals surface area (Å²) in [6, 6.07) is 4.32. The number of aryl methyl sites for hydroxylation is 1. The van der Waals surface area contributed by atoms with E-state index in [1.165, 1.54) is 15.3 Å². The first kappa shape index (κ1) is 10.1. The van der Waals surface area contributed by atoms with Crippen molar-refractivity contribution in [2.45, 2.75) is 26.7 Å². The summed E-state index contributed by atoms with van der Waals surface area (Å²) in [6.07, 6.45) is 0. The smallest absolute Gasteiger partial charge is 0.0964 e. The molecule has 0 saturated carbocycles. The average Bonchev–Trinajstić information content (AvgIpc) is 2.47. The van der Waals surface area contributed by atoms with Crippen LogP contribution in [0, 0.1) is 6.92 Å². The van der Waals surface area contributed by atoms with Gasteiger partial charge in [-0.15, -0.1) is 11.3 Å². The third-order valence-corrected chi connectivity index (χ3v) is 4.01. The second kappa shape index (κ2) is 3.63. The summed E-state index contributed by atoms with van der Waals surface area (Å²) in [5.74, 6) is 0.514. The predicted molar refractivity (Wildman–Crippen MR) is 66.1 cm³/mol. The highest BCUT2D eigenvalue weighted by Gasteiger charge is 2.09. The van der Waals surface area contributed by atoms with E-state index in [1.807, 2.05) is 0 Å². The van der Waals surface area contributed by atoms with Crippen LogP contribution < -0.4 is 0 Å². The van der Waals surface area contributed by atoms with Gasteiger partial charge in [0.15, 0.2) is 0 Å². The summed E-state index contributed by atoms with van der Waals surface area (Å²) >= 11 is 5.35. The van der Waals surface area contributed by atoms with Crippen LogP contribution in [0.15, 0.2) is 16.6 Å². The maximum absolute atomic E-state index is 4.62. The van der Waals surface area contributed by atoms with E-state index in [1.54, 1.807) is 11.3 Å². The van der Waals surface area contributed by atoms with Gasteiger partial charge in [-0.1, -0.05) is 13.8 Å². The zero-order chi connectivity index (χ0) is 10.3. The molecule has 0 bridgehead atoms. The molecule has 0 amide bonds. The molecule has 2 aromatic rings. The molecule has 0 aliphatic heterocycles. The van der Waals surface area contributed by atoms with Crippen LogP contribution in [0.1, 0.15) is 30.3 Å². The number of halogens is 1. The number of benzene rings is 1. The zero-order valence-electron chi connectivity index (χ0n) is 8.47. The van der Waals surface area contributed by atoms with E-state index in [0.29, 0.717) is 5.92 Å². The minimum absolute atomic E-state index is 0.514. The molecule has 74 valence electrons. The lowest BCUT2D eigenvalue weighted by molar-refractivity contribution is 0.856. The molecule has 0 N–H and O–H groups in total. The molecular weight excluding hydrogens is 258 g/mol. The lowest BCUT2D eigenvalue weighted by Crippen LogP contribution is -1.83. The van der Waals surface area contributed by atoms with Crippen LogP contribution in [0.4, 0.5) is 0 Å².